The number of aliphatic hydroxyl groups excluding tert-OH is 1. The highest BCUT2D eigenvalue weighted by Crippen LogP contribution is 2.24. The highest BCUT2D eigenvalue weighted by molar-refractivity contribution is 9.10. The first-order valence-corrected chi connectivity index (χ1v) is 5.64. The zero-order valence-corrected chi connectivity index (χ0v) is 10.3. The molecule has 0 saturated carbocycles. The molecule has 0 radical (unpaired) electrons. The van der Waals surface area contributed by atoms with E-state index in [0.29, 0.717) is 6.54 Å². The van der Waals surface area contributed by atoms with E-state index in [1.165, 1.54) is 0 Å². The Labute approximate surface area is 98.4 Å². The molecule has 1 aromatic rings. The Hall–Kier alpha value is -0.580. The van der Waals surface area contributed by atoms with Gasteiger partial charge in [-0.3, -0.25) is 0 Å². The summed E-state index contributed by atoms with van der Waals surface area (Å²) in [4.78, 5) is 0. The Balaban J connectivity index is 2.82. The van der Waals surface area contributed by atoms with Crippen LogP contribution in [-0.4, -0.2) is 25.4 Å². The fraction of sp³-hybridized carbons (Fsp3) is 0.455. The number of halogens is 1. The molecule has 3 N–H and O–H groups in total. The van der Waals surface area contributed by atoms with Crippen molar-refractivity contribution in [2.24, 2.45) is 11.7 Å². The zero-order valence-electron chi connectivity index (χ0n) is 8.74. The van der Waals surface area contributed by atoms with Gasteiger partial charge in [-0.15, -0.1) is 0 Å². The molecule has 0 spiro atoms. The predicted molar refractivity (Wildman–Crippen MR) is 64.0 cm³/mol. The van der Waals surface area contributed by atoms with Crippen molar-refractivity contribution in [2.45, 2.75) is 6.42 Å². The first-order valence-electron chi connectivity index (χ1n) is 4.84. The minimum Gasteiger partial charge on any atom is -0.497 e. The predicted octanol–water partition coefficient (Wildman–Crippen LogP) is 1.57. The normalized spacial score (nSPS) is 12.5. The SMILES string of the molecule is COc1ccc(Br)c(CC(CN)CO)c1. The molecule has 0 bridgehead atoms. The summed E-state index contributed by atoms with van der Waals surface area (Å²) in [7, 11) is 1.64. The summed E-state index contributed by atoms with van der Waals surface area (Å²) in [5.74, 6) is 0.926. The number of hydrogen-bond donors (Lipinski definition) is 2. The zero-order chi connectivity index (χ0) is 11.3. The Kier molecular flexibility index (Phi) is 5.08. The number of ether oxygens (including phenoxy) is 1. The van der Waals surface area contributed by atoms with Crippen molar-refractivity contribution in [1.29, 1.82) is 0 Å². The second-order valence-electron chi connectivity index (χ2n) is 3.45. The molecule has 4 heteroatoms. The van der Waals surface area contributed by atoms with Gasteiger partial charge in [0.15, 0.2) is 0 Å². The maximum absolute atomic E-state index is 9.08. The molecule has 1 aromatic carbocycles. The van der Waals surface area contributed by atoms with Gasteiger partial charge in [-0.25, -0.2) is 0 Å². The summed E-state index contributed by atoms with van der Waals surface area (Å²) >= 11 is 3.47. The molecule has 1 rings (SSSR count). The van der Waals surface area contributed by atoms with Crippen LogP contribution in [0.15, 0.2) is 22.7 Å². The third-order valence-electron chi connectivity index (χ3n) is 2.35. The van der Waals surface area contributed by atoms with Gasteiger partial charge in [0, 0.05) is 11.1 Å². The van der Waals surface area contributed by atoms with Crippen LogP contribution in [-0.2, 0) is 6.42 Å². The molecule has 0 saturated heterocycles. The topological polar surface area (TPSA) is 55.5 Å². The van der Waals surface area contributed by atoms with Gasteiger partial charge in [0.1, 0.15) is 5.75 Å². The monoisotopic (exact) mass is 273 g/mol. The van der Waals surface area contributed by atoms with E-state index in [0.717, 1.165) is 22.2 Å². The van der Waals surface area contributed by atoms with E-state index in [1.54, 1.807) is 7.11 Å². The number of methoxy groups -OCH3 is 1. The van der Waals surface area contributed by atoms with Gasteiger partial charge in [-0.2, -0.15) is 0 Å². The highest BCUT2D eigenvalue weighted by Gasteiger charge is 2.09. The molecular formula is C11H16BrNO2. The fourth-order valence-corrected chi connectivity index (χ4v) is 1.78. The summed E-state index contributed by atoms with van der Waals surface area (Å²) < 4.78 is 6.17. The van der Waals surface area contributed by atoms with E-state index < -0.39 is 0 Å². The quantitative estimate of drug-likeness (QED) is 0.856. The third kappa shape index (κ3) is 3.48. The second-order valence-corrected chi connectivity index (χ2v) is 4.30. The van der Waals surface area contributed by atoms with Crippen molar-refractivity contribution in [3.63, 3.8) is 0 Å². The molecule has 0 heterocycles. The van der Waals surface area contributed by atoms with Crippen molar-refractivity contribution in [2.75, 3.05) is 20.3 Å². The Bertz CT molecular complexity index is 313. The van der Waals surface area contributed by atoms with Crippen molar-refractivity contribution in [3.05, 3.63) is 28.2 Å². The minimum absolute atomic E-state index is 0.105. The summed E-state index contributed by atoms with van der Waals surface area (Å²) in [5, 5.41) is 9.08. The van der Waals surface area contributed by atoms with Gasteiger partial charge < -0.3 is 15.6 Å². The van der Waals surface area contributed by atoms with Crippen LogP contribution in [0.3, 0.4) is 0 Å². The molecule has 3 nitrogen and oxygen atoms in total. The highest BCUT2D eigenvalue weighted by atomic mass is 79.9. The average molecular weight is 274 g/mol. The molecule has 1 unspecified atom stereocenters. The molecular weight excluding hydrogens is 258 g/mol. The lowest BCUT2D eigenvalue weighted by atomic mass is 10.0. The van der Waals surface area contributed by atoms with Gasteiger partial charge in [0.05, 0.1) is 7.11 Å². The van der Waals surface area contributed by atoms with Crippen molar-refractivity contribution in [3.8, 4) is 5.75 Å². The summed E-state index contributed by atoms with van der Waals surface area (Å²) in [6.45, 7) is 0.598. The Morgan fingerprint density at radius 3 is 2.80 bits per heavy atom. The third-order valence-corrected chi connectivity index (χ3v) is 3.13. The number of rotatable bonds is 5. The van der Waals surface area contributed by atoms with Crippen LogP contribution >= 0.6 is 15.9 Å². The maximum atomic E-state index is 9.08. The first-order chi connectivity index (χ1) is 7.21. The van der Waals surface area contributed by atoms with E-state index >= 15 is 0 Å². The number of aliphatic hydroxyl groups is 1. The van der Waals surface area contributed by atoms with Crippen molar-refractivity contribution >= 4 is 15.9 Å². The molecule has 15 heavy (non-hydrogen) atoms. The Morgan fingerprint density at radius 1 is 1.53 bits per heavy atom. The maximum Gasteiger partial charge on any atom is 0.119 e. The van der Waals surface area contributed by atoms with Crippen LogP contribution in [0.4, 0.5) is 0 Å². The molecule has 84 valence electrons. The van der Waals surface area contributed by atoms with Crippen molar-refractivity contribution < 1.29 is 9.84 Å². The van der Waals surface area contributed by atoms with Gasteiger partial charge >= 0.3 is 0 Å². The molecule has 0 aliphatic heterocycles. The number of nitrogens with two attached hydrogens (primary N) is 1. The molecule has 1 atom stereocenters. The number of benzene rings is 1. The van der Waals surface area contributed by atoms with Crippen LogP contribution in [0, 0.1) is 5.92 Å². The van der Waals surface area contributed by atoms with Crippen LogP contribution in [0.1, 0.15) is 5.56 Å². The smallest absolute Gasteiger partial charge is 0.119 e. The molecule has 0 amide bonds. The minimum atomic E-state index is 0.105. The van der Waals surface area contributed by atoms with Crippen LogP contribution in [0.5, 0.6) is 5.75 Å². The van der Waals surface area contributed by atoms with Gasteiger partial charge in [-0.1, -0.05) is 15.9 Å². The second kappa shape index (κ2) is 6.10. The lowest BCUT2D eigenvalue weighted by Gasteiger charge is -2.13. The lowest BCUT2D eigenvalue weighted by molar-refractivity contribution is 0.229. The average Bonchev–Trinajstić information content (AvgIpc) is 2.28. The van der Waals surface area contributed by atoms with E-state index in [9.17, 15) is 0 Å². The van der Waals surface area contributed by atoms with E-state index in [2.05, 4.69) is 15.9 Å². The van der Waals surface area contributed by atoms with E-state index in [1.807, 2.05) is 18.2 Å². The lowest BCUT2D eigenvalue weighted by Crippen LogP contribution is -2.20. The van der Waals surface area contributed by atoms with E-state index in [4.69, 9.17) is 15.6 Å². The van der Waals surface area contributed by atoms with Crippen molar-refractivity contribution in [1.82, 2.24) is 0 Å². The Morgan fingerprint density at radius 2 is 2.27 bits per heavy atom. The fourth-order valence-electron chi connectivity index (χ4n) is 1.37. The first kappa shape index (κ1) is 12.5. The van der Waals surface area contributed by atoms with Crippen LogP contribution in [0.2, 0.25) is 0 Å². The molecule has 0 aliphatic carbocycles. The number of hydrogen-bond acceptors (Lipinski definition) is 3. The van der Waals surface area contributed by atoms with Gasteiger partial charge in [0.2, 0.25) is 0 Å². The molecule has 0 aliphatic rings. The summed E-state index contributed by atoms with van der Waals surface area (Å²) in [6, 6.07) is 5.80. The van der Waals surface area contributed by atoms with E-state index in [-0.39, 0.29) is 12.5 Å². The standard InChI is InChI=1S/C11H16BrNO2/c1-15-10-2-3-11(12)9(5-10)4-8(6-13)7-14/h2-3,5,8,14H,4,6-7,13H2,1H3. The van der Waals surface area contributed by atoms with Gasteiger partial charge in [-0.05, 0) is 42.6 Å². The van der Waals surface area contributed by atoms with Gasteiger partial charge in [0.25, 0.3) is 0 Å². The van der Waals surface area contributed by atoms with Crippen LogP contribution < -0.4 is 10.5 Å². The largest absolute Gasteiger partial charge is 0.497 e. The summed E-state index contributed by atoms with van der Waals surface area (Å²) in [5.41, 5.74) is 6.66. The molecule has 0 aromatic heterocycles. The molecule has 0 fully saturated rings. The van der Waals surface area contributed by atoms with Crippen LogP contribution in [0.25, 0.3) is 0 Å². The summed E-state index contributed by atoms with van der Waals surface area (Å²) in [6.07, 6.45) is 0.755.